The van der Waals surface area contributed by atoms with Gasteiger partial charge in [-0.2, -0.15) is 22.5 Å². The van der Waals surface area contributed by atoms with Gasteiger partial charge in [-0.05, 0) is 0 Å². The molecule has 1 heterocycles. The lowest BCUT2D eigenvalue weighted by Crippen LogP contribution is -2.31. The lowest BCUT2D eigenvalue weighted by molar-refractivity contribution is -0.144. The summed E-state index contributed by atoms with van der Waals surface area (Å²) in [6.45, 7) is 2.20. The predicted molar refractivity (Wildman–Crippen MR) is 64.1 cm³/mol. The van der Waals surface area contributed by atoms with Crippen molar-refractivity contribution in [1.29, 1.82) is 0 Å². The fourth-order valence-electron chi connectivity index (χ4n) is 1.06. The van der Waals surface area contributed by atoms with E-state index in [1.54, 1.807) is 18.9 Å². The molecule has 0 radical (unpaired) electrons. The minimum absolute atomic E-state index is 0.103. The second-order valence-electron chi connectivity index (χ2n) is 3.58. The molecule has 0 aliphatic rings. The molecule has 4 nitrogen and oxygen atoms in total. The van der Waals surface area contributed by atoms with Crippen LogP contribution in [0.3, 0.4) is 0 Å². The van der Waals surface area contributed by atoms with Crippen LogP contribution in [0.4, 0.5) is 18.3 Å². The van der Waals surface area contributed by atoms with Crippen LogP contribution >= 0.6 is 23.8 Å². The van der Waals surface area contributed by atoms with Gasteiger partial charge in [-0.1, -0.05) is 19.1 Å². The summed E-state index contributed by atoms with van der Waals surface area (Å²) in [5.41, 5.74) is 5.43. The zero-order chi connectivity index (χ0) is 13.2. The van der Waals surface area contributed by atoms with Crippen LogP contribution in [0.1, 0.15) is 12.7 Å². The molecule has 0 bridgehead atoms. The van der Waals surface area contributed by atoms with Gasteiger partial charge in [0.15, 0.2) is 0 Å². The van der Waals surface area contributed by atoms with Crippen molar-refractivity contribution in [1.82, 2.24) is 9.36 Å². The number of rotatable bonds is 4. The Morgan fingerprint density at radius 3 is 2.59 bits per heavy atom. The van der Waals surface area contributed by atoms with E-state index in [0.29, 0.717) is 23.1 Å². The van der Waals surface area contributed by atoms with Crippen LogP contribution in [0, 0.1) is 5.92 Å². The van der Waals surface area contributed by atoms with Crippen molar-refractivity contribution >= 4 is 33.9 Å². The summed E-state index contributed by atoms with van der Waals surface area (Å²) in [5.74, 6) is -1.22. The number of aromatic nitrogens is 2. The van der Waals surface area contributed by atoms with Crippen molar-refractivity contribution in [2.75, 3.05) is 18.5 Å². The molecule has 2 N–H and O–H groups in total. The first kappa shape index (κ1) is 14.1. The van der Waals surface area contributed by atoms with Crippen molar-refractivity contribution in [2.45, 2.75) is 13.1 Å². The highest BCUT2D eigenvalue weighted by atomic mass is 32.1. The van der Waals surface area contributed by atoms with Gasteiger partial charge in [-0.3, -0.25) is 0 Å². The molecule has 17 heavy (non-hydrogen) atoms. The van der Waals surface area contributed by atoms with E-state index in [1.165, 1.54) is 0 Å². The fraction of sp³-hybridized carbons (Fsp3) is 0.625. The van der Waals surface area contributed by atoms with E-state index < -0.39 is 12.0 Å². The zero-order valence-corrected chi connectivity index (χ0v) is 10.8. The number of anilines is 1. The number of hydrogen-bond acceptors (Lipinski definition) is 5. The number of hydrogen-bond donors (Lipinski definition) is 1. The van der Waals surface area contributed by atoms with Gasteiger partial charge >= 0.3 is 6.18 Å². The second-order valence-corrected chi connectivity index (χ2v) is 4.78. The summed E-state index contributed by atoms with van der Waals surface area (Å²) in [7, 11) is 1.62. The normalized spacial score (nSPS) is 13.5. The maximum Gasteiger partial charge on any atom is 0.452 e. The Kier molecular flexibility index (Phi) is 4.26. The highest BCUT2D eigenvalue weighted by Gasteiger charge is 2.36. The Labute approximate surface area is 106 Å². The van der Waals surface area contributed by atoms with Gasteiger partial charge in [0.25, 0.3) is 0 Å². The van der Waals surface area contributed by atoms with Crippen LogP contribution in [0.5, 0.6) is 0 Å². The Balaban J connectivity index is 2.74. The largest absolute Gasteiger partial charge is 0.452 e. The molecule has 0 saturated heterocycles. The SMILES string of the molecule is CC(CN(C)c1nc(C(F)(F)F)ns1)C(N)=S. The molecule has 9 heteroatoms. The second kappa shape index (κ2) is 5.13. The van der Waals surface area contributed by atoms with Gasteiger partial charge < -0.3 is 10.6 Å². The molecule has 0 amide bonds. The van der Waals surface area contributed by atoms with Gasteiger partial charge in [0.2, 0.25) is 11.0 Å². The van der Waals surface area contributed by atoms with E-state index in [-0.39, 0.29) is 11.0 Å². The van der Waals surface area contributed by atoms with E-state index in [9.17, 15) is 13.2 Å². The molecular formula is C8H11F3N4S2. The van der Waals surface area contributed by atoms with Crippen LogP contribution in [0.15, 0.2) is 0 Å². The van der Waals surface area contributed by atoms with Crippen molar-refractivity contribution in [3.8, 4) is 0 Å². The van der Waals surface area contributed by atoms with Crippen LogP contribution in [0.2, 0.25) is 0 Å². The molecule has 1 unspecified atom stereocenters. The first-order chi connectivity index (χ1) is 7.71. The summed E-state index contributed by atoms with van der Waals surface area (Å²) in [6, 6.07) is 0. The van der Waals surface area contributed by atoms with E-state index >= 15 is 0 Å². The van der Waals surface area contributed by atoms with Crippen LogP contribution in [0.25, 0.3) is 0 Å². The summed E-state index contributed by atoms with van der Waals surface area (Å²) in [5, 5.41) is 0.195. The predicted octanol–water partition coefficient (Wildman–Crippen LogP) is 1.92. The van der Waals surface area contributed by atoms with E-state index in [4.69, 9.17) is 18.0 Å². The summed E-state index contributed by atoms with van der Waals surface area (Å²) in [6.07, 6.45) is -4.51. The molecule has 0 spiro atoms. The summed E-state index contributed by atoms with van der Waals surface area (Å²) in [4.78, 5) is 5.29. The zero-order valence-electron chi connectivity index (χ0n) is 9.15. The first-order valence-electron chi connectivity index (χ1n) is 4.63. The maximum absolute atomic E-state index is 12.3. The maximum atomic E-state index is 12.3. The third kappa shape index (κ3) is 3.77. The summed E-state index contributed by atoms with van der Waals surface area (Å²) < 4.78 is 40.1. The number of nitrogens with zero attached hydrogens (tertiary/aromatic N) is 3. The number of halogens is 3. The lowest BCUT2D eigenvalue weighted by atomic mass is 10.2. The molecular weight excluding hydrogens is 273 g/mol. The molecule has 96 valence electrons. The van der Waals surface area contributed by atoms with E-state index in [1.807, 2.05) is 0 Å². The van der Waals surface area contributed by atoms with Crippen molar-refractivity contribution in [3.05, 3.63) is 5.82 Å². The fourth-order valence-corrected chi connectivity index (χ4v) is 1.79. The Hall–Kier alpha value is -0.960. The Morgan fingerprint density at radius 1 is 1.59 bits per heavy atom. The summed E-state index contributed by atoms with van der Waals surface area (Å²) >= 11 is 5.49. The standard InChI is InChI=1S/C8H11F3N4S2/c1-4(5(12)16)3-15(2)7-13-6(14-17-7)8(9,10)11/h4H,3H2,1-2H3,(H2,12,16). The molecule has 1 atom stereocenters. The molecule has 1 aromatic rings. The Morgan fingerprint density at radius 2 is 2.18 bits per heavy atom. The lowest BCUT2D eigenvalue weighted by Gasteiger charge is -2.19. The smallest absolute Gasteiger partial charge is 0.393 e. The Bertz CT molecular complexity index is 404. The highest BCUT2D eigenvalue weighted by Crippen LogP contribution is 2.30. The highest BCUT2D eigenvalue weighted by molar-refractivity contribution is 7.80. The van der Waals surface area contributed by atoms with Crippen LogP contribution in [-0.4, -0.2) is 27.9 Å². The molecule has 1 aromatic heterocycles. The number of alkyl halides is 3. The van der Waals surface area contributed by atoms with Crippen LogP contribution in [-0.2, 0) is 6.18 Å². The molecule has 0 aliphatic heterocycles. The quantitative estimate of drug-likeness (QED) is 0.856. The monoisotopic (exact) mass is 284 g/mol. The third-order valence-electron chi connectivity index (χ3n) is 2.03. The van der Waals surface area contributed by atoms with Crippen LogP contribution < -0.4 is 10.6 Å². The molecule has 0 aliphatic carbocycles. The van der Waals surface area contributed by atoms with E-state index in [0.717, 1.165) is 0 Å². The van der Waals surface area contributed by atoms with Crippen molar-refractivity contribution in [3.63, 3.8) is 0 Å². The average molecular weight is 284 g/mol. The van der Waals surface area contributed by atoms with Crippen molar-refractivity contribution in [2.24, 2.45) is 11.7 Å². The number of nitrogens with two attached hydrogens (primary N) is 1. The number of thiocarbonyl (C=S) groups is 1. The van der Waals surface area contributed by atoms with Gasteiger partial charge in [-0.15, -0.1) is 0 Å². The molecule has 0 aromatic carbocycles. The third-order valence-corrected chi connectivity index (χ3v) is 3.26. The van der Waals surface area contributed by atoms with E-state index in [2.05, 4.69) is 9.36 Å². The molecule has 1 rings (SSSR count). The molecule has 0 saturated carbocycles. The van der Waals surface area contributed by atoms with Gasteiger partial charge in [0.05, 0.1) is 4.99 Å². The average Bonchev–Trinajstić information content (AvgIpc) is 2.65. The van der Waals surface area contributed by atoms with Gasteiger partial charge in [-0.25, -0.2) is 0 Å². The molecule has 0 fully saturated rings. The van der Waals surface area contributed by atoms with Crippen molar-refractivity contribution < 1.29 is 13.2 Å². The minimum atomic E-state index is -4.51. The first-order valence-corrected chi connectivity index (χ1v) is 5.81. The minimum Gasteiger partial charge on any atom is -0.393 e. The topological polar surface area (TPSA) is 55.0 Å². The van der Waals surface area contributed by atoms with Gasteiger partial charge in [0.1, 0.15) is 0 Å². The van der Waals surface area contributed by atoms with Gasteiger partial charge in [0, 0.05) is 31.0 Å².